The number of rotatable bonds is 1. The van der Waals surface area contributed by atoms with E-state index < -0.39 is 0 Å². The van der Waals surface area contributed by atoms with Gasteiger partial charge in [-0.15, -0.1) is 0 Å². The first kappa shape index (κ1) is 17.9. The second-order valence-corrected chi connectivity index (χ2v) is 10.6. The molecule has 0 radical (unpaired) electrons. The molecule has 1 aromatic rings. The number of allylic oxidation sites excluding steroid dienone is 2. The van der Waals surface area contributed by atoms with Crippen molar-refractivity contribution in [1.29, 1.82) is 0 Å². The smallest absolute Gasteiger partial charge is 0.0576 e. The Kier molecular flexibility index (Phi) is 4.10. The minimum absolute atomic E-state index is 0.0800. The SMILES string of the molecule is Cc1cncc(C2=CCC3C4CC(O)C5CCCCC5(C)C4CCC23C)c1. The molecule has 2 nitrogen and oxygen atoms in total. The predicted molar refractivity (Wildman–Crippen MR) is 110 cm³/mol. The first-order chi connectivity index (χ1) is 12.9. The molecule has 0 bridgehead atoms. The molecular formula is C25H35NO. The fourth-order valence-electron chi connectivity index (χ4n) is 8.07. The van der Waals surface area contributed by atoms with Crippen LogP contribution in [0.25, 0.3) is 5.57 Å². The van der Waals surface area contributed by atoms with Crippen LogP contribution in [0, 0.1) is 41.4 Å². The Morgan fingerprint density at radius 3 is 2.70 bits per heavy atom. The lowest BCUT2D eigenvalue weighted by Crippen LogP contribution is -2.56. The molecule has 5 rings (SSSR count). The maximum atomic E-state index is 11.1. The summed E-state index contributed by atoms with van der Waals surface area (Å²) in [5.41, 5.74) is 4.74. The largest absolute Gasteiger partial charge is 0.393 e. The van der Waals surface area contributed by atoms with E-state index in [4.69, 9.17) is 0 Å². The van der Waals surface area contributed by atoms with Gasteiger partial charge in [0.25, 0.3) is 0 Å². The highest BCUT2D eigenvalue weighted by Gasteiger charge is 2.60. The highest BCUT2D eigenvalue weighted by Crippen LogP contribution is 2.67. The number of aliphatic hydroxyl groups excluding tert-OH is 1. The Morgan fingerprint density at radius 1 is 1.04 bits per heavy atom. The summed E-state index contributed by atoms with van der Waals surface area (Å²) in [5.74, 6) is 2.74. The third-order valence-corrected chi connectivity index (χ3v) is 9.36. The van der Waals surface area contributed by atoms with E-state index in [-0.39, 0.29) is 11.5 Å². The Bertz CT molecular complexity index is 769. The average molecular weight is 366 g/mol. The number of hydrogen-bond donors (Lipinski definition) is 1. The van der Waals surface area contributed by atoms with Crippen molar-refractivity contribution in [2.75, 3.05) is 0 Å². The molecule has 1 heterocycles. The predicted octanol–water partition coefficient (Wildman–Crippen LogP) is 5.79. The van der Waals surface area contributed by atoms with Crippen LogP contribution >= 0.6 is 0 Å². The molecule has 2 heteroatoms. The Labute approximate surface area is 164 Å². The van der Waals surface area contributed by atoms with E-state index >= 15 is 0 Å². The molecule has 3 fully saturated rings. The van der Waals surface area contributed by atoms with Crippen molar-refractivity contribution in [1.82, 2.24) is 4.98 Å². The molecule has 0 aromatic carbocycles. The highest BCUT2D eigenvalue weighted by molar-refractivity contribution is 5.72. The summed E-state index contributed by atoms with van der Waals surface area (Å²) in [4.78, 5) is 4.48. The van der Waals surface area contributed by atoms with Crippen molar-refractivity contribution < 1.29 is 5.11 Å². The van der Waals surface area contributed by atoms with Crippen molar-refractivity contribution in [2.24, 2.45) is 34.5 Å². The van der Waals surface area contributed by atoms with Crippen LogP contribution in [0.15, 0.2) is 24.5 Å². The second kappa shape index (κ2) is 6.17. The van der Waals surface area contributed by atoms with Crippen LogP contribution < -0.4 is 0 Å². The lowest BCUT2D eigenvalue weighted by Gasteiger charge is -2.61. The maximum absolute atomic E-state index is 11.1. The first-order valence-corrected chi connectivity index (χ1v) is 11.2. The zero-order valence-electron chi connectivity index (χ0n) is 17.2. The van der Waals surface area contributed by atoms with Crippen molar-refractivity contribution in [3.05, 3.63) is 35.7 Å². The van der Waals surface area contributed by atoms with Crippen LogP contribution in [-0.2, 0) is 0 Å². The lowest BCUT2D eigenvalue weighted by atomic mass is 9.44. The summed E-state index contributed by atoms with van der Waals surface area (Å²) in [5, 5.41) is 11.1. The molecular weight excluding hydrogens is 330 g/mol. The number of hydrogen-bond acceptors (Lipinski definition) is 2. The van der Waals surface area contributed by atoms with Gasteiger partial charge in [-0.25, -0.2) is 0 Å². The molecule has 27 heavy (non-hydrogen) atoms. The van der Waals surface area contributed by atoms with Gasteiger partial charge in [0.05, 0.1) is 6.10 Å². The number of aliphatic hydroxyl groups is 1. The van der Waals surface area contributed by atoms with E-state index in [2.05, 4.69) is 44.1 Å². The summed E-state index contributed by atoms with van der Waals surface area (Å²) >= 11 is 0. The fourth-order valence-corrected chi connectivity index (χ4v) is 8.07. The van der Waals surface area contributed by atoms with Gasteiger partial charge in [0.2, 0.25) is 0 Å². The molecule has 0 aliphatic heterocycles. The van der Waals surface area contributed by atoms with Gasteiger partial charge >= 0.3 is 0 Å². The number of pyridine rings is 1. The Hall–Kier alpha value is -1.15. The maximum Gasteiger partial charge on any atom is 0.0576 e. The van der Waals surface area contributed by atoms with Crippen LogP contribution in [0.4, 0.5) is 0 Å². The summed E-state index contributed by atoms with van der Waals surface area (Å²) in [6.45, 7) is 7.19. The third-order valence-electron chi connectivity index (χ3n) is 9.36. The quantitative estimate of drug-likeness (QED) is 0.683. The molecule has 4 aliphatic carbocycles. The van der Waals surface area contributed by atoms with Crippen LogP contribution in [0.5, 0.6) is 0 Å². The van der Waals surface area contributed by atoms with Crippen LogP contribution in [0.3, 0.4) is 0 Å². The molecule has 0 spiro atoms. The Morgan fingerprint density at radius 2 is 1.89 bits per heavy atom. The topological polar surface area (TPSA) is 33.1 Å². The number of fused-ring (bicyclic) bond motifs is 5. The van der Waals surface area contributed by atoms with E-state index in [0.29, 0.717) is 23.2 Å². The molecule has 4 aliphatic rings. The molecule has 1 N–H and O–H groups in total. The van der Waals surface area contributed by atoms with Gasteiger partial charge in [-0.1, -0.05) is 32.8 Å². The third kappa shape index (κ3) is 2.51. The number of aryl methyl sites for hydroxylation is 1. The van der Waals surface area contributed by atoms with Gasteiger partial charge in [0.15, 0.2) is 0 Å². The molecule has 1 aromatic heterocycles. The van der Waals surface area contributed by atoms with Gasteiger partial charge < -0.3 is 5.11 Å². The standard InChI is InChI=1S/C25H35NO/c1-16-12-17(15-26-14-16)19-7-8-20-18-13-23(27)22-6-4-5-10-24(22,2)21(18)9-11-25(19,20)3/h7,12,14-15,18,20-23,27H,4-6,8-11,13H2,1-3H3. The van der Waals surface area contributed by atoms with Crippen LogP contribution in [0.1, 0.15) is 76.3 Å². The number of aromatic nitrogens is 1. The molecule has 0 amide bonds. The summed E-state index contributed by atoms with van der Waals surface area (Å²) in [6.07, 6.45) is 16.6. The minimum Gasteiger partial charge on any atom is -0.393 e. The van der Waals surface area contributed by atoms with E-state index in [1.165, 1.54) is 61.6 Å². The van der Waals surface area contributed by atoms with Crippen molar-refractivity contribution in [3.63, 3.8) is 0 Å². The van der Waals surface area contributed by atoms with Crippen molar-refractivity contribution in [3.8, 4) is 0 Å². The second-order valence-electron chi connectivity index (χ2n) is 10.6. The van der Waals surface area contributed by atoms with Gasteiger partial charge in [-0.2, -0.15) is 0 Å². The molecule has 146 valence electrons. The molecule has 0 saturated heterocycles. The monoisotopic (exact) mass is 365 g/mol. The van der Waals surface area contributed by atoms with E-state index in [1.54, 1.807) is 0 Å². The van der Waals surface area contributed by atoms with Crippen LogP contribution in [0.2, 0.25) is 0 Å². The highest BCUT2D eigenvalue weighted by atomic mass is 16.3. The number of nitrogens with zero attached hydrogens (tertiary/aromatic N) is 1. The molecule has 7 unspecified atom stereocenters. The molecule has 7 atom stereocenters. The van der Waals surface area contributed by atoms with Gasteiger partial charge in [0, 0.05) is 12.4 Å². The average Bonchev–Trinajstić information content (AvgIpc) is 2.99. The zero-order valence-corrected chi connectivity index (χ0v) is 17.2. The fraction of sp³-hybridized carbons (Fsp3) is 0.720. The zero-order chi connectivity index (χ0) is 18.8. The van der Waals surface area contributed by atoms with Gasteiger partial charge in [0.1, 0.15) is 0 Å². The van der Waals surface area contributed by atoms with E-state index in [9.17, 15) is 5.11 Å². The Balaban J connectivity index is 1.48. The first-order valence-electron chi connectivity index (χ1n) is 11.2. The van der Waals surface area contributed by atoms with Crippen molar-refractivity contribution >= 4 is 5.57 Å². The van der Waals surface area contributed by atoms with E-state index in [1.807, 2.05) is 6.20 Å². The molecule has 3 saturated carbocycles. The van der Waals surface area contributed by atoms with E-state index in [0.717, 1.165) is 12.3 Å². The summed E-state index contributed by atoms with van der Waals surface area (Å²) in [7, 11) is 0. The van der Waals surface area contributed by atoms with Gasteiger partial charge in [-0.05, 0) is 103 Å². The summed E-state index contributed by atoms with van der Waals surface area (Å²) < 4.78 is 0. The lowest BCUT2D eigenvalue weighted by molar-refractivity contribution is -0.148. The van der Waals surface area contributed by atoms with Crippen LogP contribution in [-0.4, -0.2) is 16.2 Å². The normalized spacial score (nSPS) is 46.2. The summed E-state index contributed by atoms with van der Waals surface area (Å²) in [6, 6.07) is 2.31. The van der Waals surface area contributed by atoms with Crippen molar-refractivity contribution in [2.45, 2.75) is 78.2 Å². The van der Waals surface area contributed by atoms with Gasteiger partial charge in [-0.3, -0.25) is 4.98 Å². The minimum atomic E-state index is -0.0800.